The zero-order valence-electron chi connectivity index (χ0n) is 9.67. The van der Waals surface area contributed by atoms with Gasteiger partial charge in [-0.2, -0.15) is 5.10 Å². The van der Waals surface area contributed by atoms with E-state index in [-0.39, 0.29) is 0 Å². The summed E-state index contributed by atoms with van der Waals surface area (Å²) in [5.41, 5.74) is 2.43. The van der Waals surface area contributed by atoms with Crippen LogP contribution in [0.25, 0.3) is 22.2 Å². The molecule has 2 aromatic heterocycles. The van der Waals surface area contributed by atoms with Crippen LogP contribution in [0.2, 0.25) is 0 Å². The van der Waals surface area contributed by atoms with Crippen LogP contribution in [0.1, 0.15) is 11.5 Å². The maximum Gasteiger partial charge on any atom is 0.238 e. The van der Waals surface area contributed by atoms with Gasteiger partial charge in [0.2, 0.25) is 5.89 Å². The molecule has 0 N–H and O–H groups in total. The van der Waals surface area contributed by atoms with E-state index >= 15 is 0 Å². The minimum Gasteiger partial charge on any atom is -0.435 e. The Labute approximate surface area is 108 Å². The maximum atomic E-state index is 6.19. The molecule has 0 amide bonds. The van der Waals surface area contributed by atoms with Gasteiger partial charge >= 0.3 is 0 Å². The number of para-hydroxylation sites is 2. The van der Waals surface area contributed by atoms with Gasteiger partial charge in [0.15, 0.2) is 5.58 Å². The topological polar surface area (TPSA) is 43.9 Å². The van der Waals surface area contributed by atoms with Crippen molar-refractivity contribution in [2.75, 3.05) is 0 Å². The fourth-order valence-electron chi connectivity index (χ4n) is 1.70. The number of hydrogen-bond donors (Lipinski definition) is 0. The number of benzene rings is 1. The van der Waals surface area contributed by atoms with Gasteiger partial charge in [0.1, 0.15) is 10.5 Å². The zero-order chi connectivity index (χ0) is 12.5. The van der Waals surface area contributed by atoms with Crippen LogP contribution in [-0.4, -0.2) is 14.8 Å². The van der Waals surface area contributed by atoms with Gasteiger partial charge in [0.25, 0.3) is 0 Å². The van der Waals surface area contributed by atoms with E-state index in [1.165, 1.54) is 0 Å². The number of aryl methyl sites for hydroxylation is 1. The van der Waals surface area contributed by atoms with Gasteiger partial charge in [-0.3, -0.25) is 4.68 Å². The SMILES string of the molecule is Cn1cc(/C=C(\Cl)c2nc3ccccc3o2)cn1. The number of nitrogens with zero attached hydrogens (tertiary/aromatic N) is 3. The van der Waals surface area contributed by atoms with Crippen molar-refractivity contribution in [3.63, 3.8) is 0 Å². The summed E-state index contributed by atoms with van der Waals surface area (Å²) >= 11 is 6.19. The van der Waals surface area contributed by atoms with E-state index < -0.39 is 0 Å². The molecule has 1 aromatic carbocycles. The van der Waals surface area contributed by atoms with Crippen molar-refractivity contribution in [2.45, 2.75) is 0 Å². The highest BCUT2D eigenvalue weighted by Gasteiger charge is 2.08. The summed E-state index contributed by atoms with van der Waals surface area (Å²) < 4.78 is 7.28. The summed E-state index contributed by atoms with van der Waals surface area (Å²) in [4.78, 5) is 4.32. The first kappa shape index (κ1) is 11.0. The third-order valence-electron chi connectivity index (χ3n) is 2.52. The normalized spacial score (nSPS) is 12.2. The Kier molecular flexibility index (Phi) is 2.64. The highest BCUT2D eigenvalue weighted by molar-refractivity contribution is 6.50. The van der Waals surface area contributed by atoms with Gasteiger partial charge < -0.3 is 4.42 Å². The lowest BCUT2D eigenvalue weighted by Crippen LogP contribution is -1.84. The molecule has 18 heavy (non-hydrogen) atoms. The average Bonchev–Trinajstić information content (AvgIpc) is 2.95. The number of halogens is 1. The highest BCUT2D eigenvalue weighted by atomic mass is 35.5. The Morgan fingerprint density at radius 3 is 2.94 bits per heavy atom. The number of oxazole rings is 1. The zero-order valence-corrected chi connectivity index (χ0v) is 10.4. The van der Waals surface area contributed by atoms with Gasteiger partial charge in [-0.1, -0.05) is 23.7 Å². The average molecular weight is 260 g/mol. The largest absolute Gasteiger partial charge is 0.435 e. The molecule has 0 unspecified atom stereocenters. The molecule has 0 spiro atoms. The lowest BCUT2D eigenvalue weighted by atomic mass is 10.3. The van der Waals surface area contributed by atoms with E-state index in [1.54, 1.807) is 17.0 Å². The van der Waals surface area contributed by atoms with Crippen LogP contribution in [0.4, 0.5) is 0 Å². The van der Waals surface area contributed by atoms with Crippen molar-refractivity contribution < 1.29 is 4.42 Å². The molecule has 0 fully saturated rings. The predicted molar refractivity (Wildman–Crippen MR) is 70.9 cm³/mol. The fraction of sp³-hybridized carbons (Fsp3) is 0.0769. The molecule has 2 heterocycles. The molecule has 0 aliphatic rings. The number of hydrogen-bond acceptors (Lipinski definition) is 3. The monoisotopic (exact) mass is 259 g/mol. The summed E-state index contributed by atoms with van der Waals surface area (Å²) in [6.07, 6.45) is 5.37. The second kappa shape index (κ2) is 4.31. The number of fused-ring (bicyclic) bond motifs is 1. The van der Waals surface area contributed by atoms with Crippen molar-refractivity contribution >= 4 is 33.8 Å². The quantitative estimate of drug-likeness (QED) is 0.709. The summed E-state index contributed by atoms with van der Waals surface area (Å²) in [7, 11) is 1.85. The number of aromatic nitrogens is 3. The van der Waals surface area contributed by atoms with Crippen molar-refractivity contribution in [3.8, 4) is 0 Å². The van der Waals surface area contributed by atoms with E-state index in [2.05, 4.69) is 10.1 Å². The second-order valence-corrected chi connectivity index (χ2v) is 4.33. The van der Waals surface area contributed by atoms with Crippen LogP contribution in [0, 0.1) is 0 Å². The van der Waals surface area contributed by atoms with E-state index in [0.29, 0.717) is 10.9 Å². The summed E-state index contributed by atoms with van der Waals surface area (Å²) in [5.74, 6) is 0.418. The predicted octanol–water partition coefficient (Wildman–Crippen LogP) is 3.30. The molecule has 0 radical (unpaired) electrons. The molecular weight excluding hydrogens is 250 g/mol. The second-order valence-electron chi connectivity index (χ2n) is 3.93. The Balaban J connectivity index is 2.01. The van der Waals surface area contributed by atoms with Crippen LogP contribution in [0.15, 0.2) is 41.1 Å². The van der Waals surface area contributed by atoms with Gasteiger partial charge in [-0.05, 0) is 18.2 Å². The summed E-state index contributed by atoms with van der Waals surface area (Å²) in [6.45, 7) is 0. The van der Waals surface area contributed by atoms with Gasteiger partial charge in [-0.25, -0.2) is 4.98 Å². The molecule has 4 nitrogen and oxygen atoms in total. The molecule has 3 rings (SSSR count). The third kappa shape index (κ3) is 2.02. The Bertz CT molecular complexity index is 694. The first-order valence-electron chi connectivity index (χ1n) is 5.44. The van der Waals surface area contributed by atoms with Crippen LogP contribution >= 0.6 is 11.6 Å². The van der Waals surface area contributed by atoms with Gasteiger partial charge in [0, 0.05) is 18.8 Å². The van der Waals surface area contributed by atoms with Gasteiger partial charge in [-0.15, -0.1) is 0 Å². The van der Waals surface area contributed by atoms with Crippen LogP contribution in [0.5, 0.6) is 0 Å². The highest BCUT2D eigenvalue weighted by Crippen LogP contribution is 2.25. The molecule has 0 atom stereocenters. The van der Waals surface area contributed by atoms with Crippen LogP contribution < -0.4 is 0 Å². The molecule has 3 aromatic rings. The van der Waals surface area contributed by atoms with Crippen molar-refractivity contribution in [1.29, 1.82) is 0 Å². The summed E-state index contributed by atoms with van der Waals surface area (Å²) in [5, 5.41) is 4.53. The minimum atomic E-state index is 0.418. The molecule has 5 heteroatoms. The van der Waals surface area contributed by atoms with Gasteiger partial charge in [0.05, 0.1) is 6.20 Å². The Hall–Kier alpha value is -2.07. The number of rotatable bonds is 2. The third-order valence-corrected chi connectivity index (χ3v) is 2.79. The summed E-state index contributed by atoms with van der Waals surface area (Å²) in [6, 6.07) is 7.56. The lowest BCUT2D eigenvalue weighted by Gasteiger charge is -1.90. The van der Waals surface area contributed by atoms with E-state index in [1.807, 2.05) is 37.5 Å². The van der Waals surface area contributed by atoms with E-state index in [0.717, 1.165) is 16.7 Å². The standard InChI is InChI=1S/C13H10ClN3O/c1-17-8-9(7-15-17)6-10(14)13-16-11-4-2-3-5-12(11)18-13/h2-8H,1H3/b10-6-. The smallest absolute Gasteiger partial charge is 0.238 e. The van der Waals surface area contributed by atoms with E-state index in [4.69, 9.17) is 16.0 Å². The molecule has 90 valence electrons. The molecule has 0 saturated heterocycles. The first-order valence-corrected chi connectivity index (χ1v) is 5.82. The molecule has 0 saturated carbocycles. The first-order chi connectivity index (χ1) is 8.72. The Morgan fingerprint density at radius 1 is 1.39 bits per heavy atom. The van der Waals surface area contributed by atoms with Crippen molar-refractivity contribution in [1.82, 2.24) is 14.8 Å². The molecule has 0 bridgehead atoms. The molecular formula is C13H10ClN3O. The van der Waals surface area contributed by atoms with Crippen molar-refractivity contribution in [2.24, 2.45) is 7.05 Å². The van der Waals surface area contributed by atoms with Crippen molar-refractivity contribution in [3.05, 3.63) is 48.1 Å². The molecule has 0 aliphatic carbocycles. The molecule has 0 aliphatic heterocycles. The van der Waals surface area contributed by atoms with E-state index in [9.17, 15) is 0 Å². The van der Waals surface area contributed by atoms with Crippen LogP contribution in [0.3, 0.4) is 0 Å². The lowest BCUT2D eigenvalue weighted by molar-refractivity contribution is 0.588. The minimum absolute atomic E-state index is 0.418. The Morgan fingerprint density at radius 2 is 2.22 bits per heavy atom. The van der Waals surface area contributed by atoms with Crippen LogP contribution in [-0.2, 0) is 7.05 Å². The maximum absolute atomic E-state index is 6.19. The fourth-order valence-corrected chi connectivity index (χ4v) is 1.90.